The monoisotopic (exact) mass is 338 g/mol. The average molecular weight is 338 g/mol. The van der Waals surface area contributed by atoms with Crippen molar-refractivity contribution >= 4 is 5.91 Å². The molecule has 1 unspecified atom stereocenters. The summed E-state index contributed by atoms with van der Waals surface area (Å²) < 4.78 is 7.35. The second kappa shape index (κ2) is 8.58. The molecule has 1 amide bonds. The summed E-state index contributed by atoms with van der Waals surface area (Å²) in [5.74, 6) is 0.704. The van der Waals surface area contributed by atoms with Gasteiger partial charge < -0.3 is 14.7 Å². The number of rotatable bonds is 8. The zero-order valence-corrected chi connectivity index (χ0v) is 15.0. The normalized spacial score (nSPS) is 18.8. The highest BCUT2D eigenvalue weighted by Crippen LogP contribution is 2.24. The largest absolute Gasteiger partial charge is 0.388 e. The molecule has 1 aliphatic rings. The van der Waals surface area contributed by atoms with E-state index < -0.39 is 5.60 Å². The van der Waals surface area contributed by atoms with Crippen molar-refractivity contribution in [2.24, 2.45) is 5.92 Å². The minimum absolute atomic E-state index is 0.106. The van der Waals surface area contributed by atoms with Crippen molar-refractivity contribution in [2.75, 3.05) is 19.7 Å². The Morgan fingerprint density at radius 2 is 2.04 bits per heavy atom. The predicted octanol–water partition coefficient (Wildman–Crippen LogP) is 1.47. The number of likely N-dealkylation sites (tertiary alicyclic amines) is 1. The number of piperidine rings is 1. The molecule has 0 aliphatic carbocycles. The summed E-state index contributed by atoms with van der Waals surface area (Å²) in [6.45, 7) is 8.42. The topological polar surface area (TPSA) is 80.5 Å². The van der Waals surface area contributed by atoms with E-state index in [0.29, 0.717) is 51.4 Å². The van der Waals surface area contributed by atoms with Crippen molar-refractivity contribution in [2.45, 2.75) is 64.7 Å². The first-order chi connectivity index (χ1) is 11.4. The quantitative estimate of drug-likeness (QED) is 0.776. The molecule has 0 bridgehead atoms. The maximum Gasteiger partial charge on any atom is 0.224 e. The summed E-state index contributed by atoms with van der Waals surface area (Å²) in [5, 5.41) is 18.3. The molecule has 2 heterocycles. The van der Waals surface area contributed by atoms with Crippen LogP contribution in [0.1, 0.15) is 46.5 Å². The van der Waals surface area contributed by atoms with Crippen LogP contribution in [0.2, 0.25) is 0 Å². The van der Waals surface area contributed by atoms with Crippen LogP contribution in [-0.4, -0.2) is 62.3 Å². The van der Waals surface area contributed by atoms with Crippen LogP contribution < -0.4 is 0 Å². The van der Waals surface area contributed by atoms with Gasteiger partial charge in [0.1, 0.15) is 0 Å². The van der Waals surface area contributed by atoms with Crippen LogP contribution in [0.25, 0.3) is 0 Å². The smallest absolute Gasteiger partial charge is 0.224 e. The third-order valence-corrected chi connectivity index (χ3v) is 4.50. The lowest BCUT2D eigenvalue weighted by molar-refractivity contribution is -0.137. The highest BCUT2D eigenvalue weighted by atomic mass is 16.5. The first kappa shape index (κ1) is 18.9. The third kappa shape index (κ3) is 5.87. The molecule has 1 N–H and O–H groups in total. The number of amides is 1. The zero-order chi connectivity index (χ0) is 17.6. The molecule has 1 aromatic rings. The fraction of sp³-hybridized carbons (Fsp3) is 0.824. The van der Waals surface area contributed by atoms with Gasteiger partial charge in [-0.1, -0.05) is 19.1 Å². The van der Waals surface area contributed by atoms with Crippen LogP contribution in [0.5, 0.6) is 0 Å². The number of aliphatic hydroxyl groups is 1. The summed E-state index contributed by atoms with van der Waals surface area (Å²) in [6.07, 6.45) is 6.06. The van der Waals surface area contributed by atoms with Crippen molar-refractivity contribution in [3.63, 3.8) is 0 Å². The Balaban J connectivity index is 1.68. The van der Waals surface area contributed by atoms with Crippen molar-refractivity contribution in [3.8, 4) is 0 Å². The van der Waals surface area contributed by atoms with Gasteiger partial charge in [-0.2, -0.15) is 0 Å². The van der Waals surface area contributed by atoms with E-state index in [1.165, 1.54) is 0 Å². The fourth-order valence-electron chi connectivity index (χ4n) is 3.19. The van der Waals surface area contributed by atoms with E-state index >= 15 is 0 Å². The molecule has 0 saturated carbocycles. The van der Waals surface area contributed by atoms with Gasteiger partial charge in [-0.25, -0.2) is 4.68 Å². The minimum Gasteiger partial charge on any atom is -0.388 e. The number of nitrogens with zero attached hydrogens (tertiary/aromatic N) is 4. The van der Waals surface area contributed by atoms with E-state index in [1.807, 2.05) is 4.90 Å². The lowest BCUT2D eigenvalue weighted by Crippen LogP contribution is -2.48. The Labute approximate surface area is 144 Å². The number of carbonyl (C=O) groups excluding carboxylic acids is 1. The maximum atomic E-state index is 12.3. The van der Waals surface area contributed by atoms with Crippen molar-refractivity contribution in [1.29, 1.82) is 0 Å². The van der Waals surface area contributed by atoms with E-state index in [9.17, 15) is 9.90 Å². The summed E-state index contributed by atoms with van der Waals surface area (Å²) in [7, 11) is 0. The Hall–Kier alpha value is -1.47. The van der Waals surface area contributed by atoms with Gasteiger partial charge in [0.05, 0.1) is 37.5 Å². The summed E-state index contributed by atoms with van der Waals surface area (Å²) >= 11 is 0. The van der Waals surface area contributed by atoms with E-state index in [4.69, 9.17) is 4.74 Å². The van der Waals surface area contributed by atoms with E-state index in [-0.39, 0.29) is 12.0 Å². The molecule has 7 heteroatoms. The summed E-state index contributed by atoms with van der Waals surface area (Å²) in [6, 6.07) is 0. The Morgan fingerprint density at radius 1 is 1.33 bits per heavy atom. The van der Waals surface area contributed by atoms with Gasteiger partial charge in [0.25, 0.3) is 0 Å². The van der Waals surface area contributed by atoms with Gasteiger partial charge in [0, 0.05) is 19.3 Å². The summed E-state index contributed by atoms with van der Waals surface area (Å²) in [5.41, 5.74) is -0.813. The van der Waals surface area contributed by atoms with Crippen molar-refractivity contribution < 1.29 is 14.6 Å². The van der Waals surface area contributed by atoms with Crippen molar-refractivity contribution in [1.82, 2.24) is 19.9 Å². The Bertz CT molecular complexity index is 496. The molecular formula is C17H30N4O3. The number of hydrogen-bond donors (Lipinski definition) is 1. The summed E-state index contributed by atoms with van der Waals surface area (Å²) in [4.78, 5) is 14.1. The number of hydrogen-bond acceptors (Lipinski definition) is 5. The number of carbonyl (C=O) groups is 1. The van der Waals surface area contributed by atoms with Crippen LogP contribution >= 0.6 is 0 Å². The van der Waals surface area contributed by atoms with Crippen LogP contribution in [0.15, 0.2) is 12.4 Å². The molecule has 1 saturated heterocycles. The van der Waals surface area contributed by atoms with Crippen molar-refractivity contribution in [3.05, 3.63) is 12.4 Å². The molecule has 136 valence electrons. The van der Waals surface area contributed by atoms with Gasteiger partial charge >= 0.3 is 0 Å². The van der Waals surface area contributed by atoms with E-state index in [2.05, 4.69) is 31.1 Å². The molecule has 1 atom stereocenters. The molecule has 2 rings (SSSR count). The highest BCUT2D eigenvalue weighted by Gasteiger charge is 2.34. The van der Waals surface area contributed by atoms with Crippen LogP contribution in [-0.2, 0) is 16.1 Å². The minimum atomic E-state index is -0.813. The molecule has 0 radical (unpaired) electrons. The van der Waals surface area contributed by atoms with Gasteiger partial charge in [-0.05, 0) is 32.1 Å². The molecule has 24 heavy (non-hydrogen) atoms. The lowest BCUT2D eigenvalue weighted by atomic mass is 9.91. The highest BCUT2D eigenvalue weighted by molar-refractivity contribution is 5.76. The number of ether oxygens (including phenoxy) is 1. The first-order valence-corrected chi connectivity index (χ1v) is 8.84. The molecule has 1 aliphatic heterocycles. The maximum absolute atomic E-state index is 12.3. The van der Waals surface area contributed by atoms with Crippen LogP contribution in [0.4, 0.5) is 0 Å². The average Bonchev–Trinajstić information content (AvgIpc) is 2.99. The van der Waals surface area contributed by atoms with Gasteiger partial charge in [0.2, 0.25) is 5.91 Å². The molecular weight excluding hydrogens is 308 g/mol. The lowest BCUT2D eigenvalue weighted by Gasteiger charge is -2.38. The molecule has 1 aromatic heterocycles. The first-order valence-electron chi connectivity index (χ1n) is 8.84. The van der Waals surface area contributed by atoms with Crippen LogP contribution in [0.3, 0.4) is 0 Å². The van der Waals surface area contributed by atoms with E-state index in [1.54, 1.807) is 17.1 Å². The van der Waals surface area contributed by atoms with Gasteiger partial charge in [-0.3, -0.25) is 4.79 Å². The Morgan fingerprint density at radius 3 is 2.62 bits per heavy atom. The molecule has 7 nitrogen and oxygen atoms in total. The third-order valence-electron chi connectivity index (χ3n) is 4.50. The van der Waals surface area contributed by atoms with E-state index in [0.717, 1.165) is 6.42 Å². The standard InChI is InChI=1S/C17H30N4O3/c1-14(2)12-15(3)24-11-4-16(22)20-8-5-17(23,6-9-20)13-21-10-7-18-19-21/h7,10,14-15,23H,4-6,8-9,11-13H2,1-3H3. The van der Waals surface area contributed by atoms with Gasteiger partial charge in [0.15, 0.2) is 0 Å². The van der Waals surface area contributed by atoms with Gasteiger partial charge in [-0.15, -0.1) is 5.10 Å². The molecule has 0 spiro atoms. The SMILES string of the molecule is CC(C)CC(C)OCCC(=O)N1CCC(O)(Cn2ccnn2)CC1. The Kier molecular flexibility index (Phi) is 6.74. The molecule has 0 aromatic carbocycles. The van der Waals surface area contributed by atoms with Crippen LogP contribution in [0, 0.1) is 5.92 Å². The number of aromatic nitrogens is 3. The fourth-order valence-corrected chi connectivity index (χ4v) is 3.19. The predicted molar refractivity (Wildman–Crippen MR) is 90.3 cm³/mol. The second-order valence-electron chi connectivity index (χ2n) is 7.27. The molecule has 1 fully saturated rings. The second-order valence-corrected chi connectivity index (χ2v) is 7.27. The zero-order valence-electron chi connectivity index (χ0n) is 15.0.